The van der Waals surface area contributed by atoms with E-state index < -0.39 is 23.7 Å². The van der Waals surface area contributed by atoms with Gasteiger partial charge in [0.1, 0.15) is 0 Å². The fraction of sp³-hybridized carbons (Fsp3) is 0.206. The Labute approximate surface area is 238 Å². The fourth-order valence-electron chi connectivity index (χ4n) is 5.08. The number of carbonyl (C=O) groups is 2. The summed E-state index contributed by atoms with van der Waals surface area (Å²) in [6.45, 7) is 8.62. The van der Waals surface area contributed by atoms with Crippen LogP contribution in [0.2, 0.25) is 0 Å². The number of aromatic amines is 1. The fourth-order valence-corrected chi connectivity index (χ4v) is 5.08. The van der Waals surface area contributed by atoms with Crippen molar-refractivity contribution < 1.29 is 14.3 Å². The van der Waals surface area contributed by atoms with Crippen molar-refractivity contribution in [2.24, 2.45) is 0 Å². The first-order chi connectivity index (χ1) is 19.6. The zero-order valence-electron chi connectivity index (χ0n) is 23.6. The van der Waals surface area contributed by atoms with Crippen LogP contribution in [0.1, 0.15) is 65.1 Å². The number of nitrogens with zero attached hydrogens (tertiary/aromatic N) is 1. The van der Waals surface area contributed by atoms with Gasteiger partial charge in [0.25, 0.3) is 5.56 Å². The minimum absolute atomic E-state index is 0.114. The van der Waals surface area contributed by atoms with Crippen LogP contribution in [0.4, 0.5) is 4.79 Å². The molecule has 0 unspecified atom stereocenters. The van der Waals surface area contributed by atoms with Crippen LogP contribution in [0.15, 0.2) is 102 Å². The highest BCUT2D eigenvalue weighted by Gasteiger charge is 2.24. The van der Waals surface area contributed by atoms with Gasteiger partial charge in [-0.15, -0.1) is 0 Å². The lowest BCUT2D eigenvalue weighted by Gasteiger charge is -2.24. The summed E-state index contributed by atoms with van der Waals surface area (Å²) < 4.78 is 6.92. The minimum atomic E-state index is -0.650. The Morgan fingerprint density at radius 1 is 0.854 bits per heavy atom. The molecule has 0 saturated heterocycles. The molecule has 1 aromatic heterocycles. The lowest BCUT2D eigenvalue weighted by molar-refractivity contribution is 0.0380. The predicted octanol–water partition coefficient (Wildman–Crippen LogP) is 6.64. The molecule has 5 aromatic rings. The summed E-state index contributed by atoms with van der Waals surface area (Å²) in [6, 6.07) is 29.2. The Hall–Kier alpha value is -4.91. The highest BCUT2D eigenvalue weighted by Crippen LogP contribution is 2.29. The predicted molar refractivity (Wildman–Crippen MR) is 160 cm³/mol. The first-order valence-electron chi connectivity index (χ1n) is 13.6. The SMILES string of the molecule is Cc1cccc(C(C)(C)C)c1CNC(=O)n1[nH]c2c(C(=O)OC(c3ccccc3)c3ccccc3)cccc2c1=O. The molecule has 0 bridgehead atoms. The monoisotopic (exact) mass is 547 g/mol. The summed E-state index contributed by atoms with van der Waals surface area (Å²) in [4.78, 5) is 40.0. The molecule has 0 atom stereocenters. The second-order valence-corrected chi connectivity index (χ2v) is 11.1. The lowest BCUT2D eigenvalue weighted by Crippen LogP contribution is -2.35. The van der Waals surface area contributed by atoms with E-state index in [-0.39, 0.29) is 28.4 Å². The maximum absolute atomic E-state index is 13.5. The Morgan fingerprint density at radius 2 is 1.46 bits per heavy atom. The molecule has 2 N–H and O–H groups in total. The maximum atomic E-state index is 13.5. The van der Waals surface area contributed by atoms with Gasteiger partial charge >= 0.3 is 12.0 Å². The van der Waals surface area contributed by atoms with E-state index in [2.05, 4.69) is 37.3 Å². The number of nitrogens with one attached hydrogen (secondary N) is 2. The van der Waals surface area contributed by atoms with Crippen LogP contribution < -0.4 is 10.9 Å². The van der Waals surface area contributed by atoms with Gasteiger partial charge in [0, 0.05) is 6.54 Å². The number of amides is 1. The molecule has 0 spiro atoms. The molecular weight excluding hydrogens is 514 g/mol. The van der Waals surface area contributed by atoms with Crippen molar-refractivity contribution in [3.8, 4) is 0 Å². The molecule has 208 valence electrons. The van der Waals surface area contributed by atoms with Crippen molar-refractivity contribution in [3.63, 3.8) is 0 Å². The molecule has 41 heavy (non-hydrogen) atoms. The maximum Gasteiger partial charge on any atom is 0.343 e. The molecule has 1 heterocycles. The van der Waals surface area contributed by atoms with Crippen LogP contribution >= 0.6 is 0 Å². The van der Waals surface area contributed by atoms with Crippen LogP contribution in [-0.2, 0) is 16.7 Å². The first-order valence-corrected chi connectivity index (χ1v) is 13.6. The molecule has 0 radical (unpaired) electrons. The molecule has 0 aliphatic carbocycles. The van der Waals surface area contributed by atoms with Gasteiger partial charge in [-0.2, -0.15) is 4.68 Å². The number of fused-ring (bicyclic) bond motifs is 1. The summed E-state index contributed by atoms with van der Waals surface area (Å²) >= 11 is 0. The van der Waals surface area contributed by atoms with Gasteiger partial charge in [-0.25, -0.2) is 9.59 Å². The van der Waals surface area contributed by atoms with Crippen molar-refractivity contribution in [1.82, 2.24) is 15.1 Å². The van der Waals surface area contributed by atoms with E-state index in [1.807, 2.05) is 79.7 Å². The standard InChI is InChI=1S/C34H33N3O4/c1-22-13-11-20-28(34(2,3)4)27(22)21-35-33(40)37-31(38)25-18-12-19-26(29(25)36-37)32(39)41-30(23-14-7-5-8-15-23)24-16-9-6-10-17-24/h5-20,30,36H,21H2,1-4H3,(H,35,40). The van der Waals surface area contributed by atoms with Gasteiger partial charge in [0.15, 0.2) is 6.10 Å². The number of ether oxygens (including phenoxy) is 1. The number of para-hydroxylation sites is 1. The number of carbonyl (C=O) groups excluding carboxylic acids is 2. The first kappa shape index (κ1) is 27.6. The third-order valence-electron chi connectivity index (χ3n) is 7.21. The van der Waals surface area contributed by atoms with Crippen molar-refractivity contribution in [2.45, 2.75) is 45.8 Å². The lowest BCUT2D eigenvalue weighted by atomic mass is 9.82. The highest BCUT2D eigenvalue weighted by atomic mass is 16.5. The summed E-state index contributed by atoms with van der Waals surface area (Å²) in [5, 5.41) is 5.94. The molecule has 5 rings (SSSR count). The van der Waals surface area contributed by atoms with E-state index in [0.717, 1.165) is 32.5 Å². The number of H-pyrrole nitrogens is 1. The quantitative estimate of drug-likeness (QED) is 0.233. The van der Waals surface area contributed by atoms with E-state index in [1.54, 1.807) is 18.2 Å². The molecular formula is C34H33N3O4. The Morgan fingerprint density at radius 3 is 2.07 bits per heavy atom. The van der Waals surface area contributed by atoms with Crippen LogP contribution in [0.25, 0.3) is 10.9 Å². The van der Waals surface area contributed by atoms with Crippen molar-refractivity contribution in [1.29, 1.82) is 0 Å². The molecule has 0 fully saturated rings. The second kappa shape index (κ2) is 11.3. The van der Waals surface area contributed by atoms with Crippen molar-refractivity contribution in [2.75, 3.05) is 0 Å². The van der Waals surface area contributed by atoms with Gasteiger partial charge in [0.2, 0.25) is 0 Å². The minimum Gasteiger partial charge on any atom is -0.449 e. The number of rotatable bonds is 6. The number of aromatic nitrogens is 2. The smallest absolute Gasteiger partial charge is 0.343 e. The molecule has 7 heteroatoms. The van der Waals surface area contributed by atoms with Gasteiger partial charge < -0.3 is 10.1 Å². The van der Waals surface area contributed by atoms with Crippen molar-refractivity contribution in [3.05, 3.63) is 141 Å². The normalized spacial score (nSPS) is 11.5. The van der Waals surface area contributed by atoms with Gasteiger partial charge in [0.05, 0.1) is 16.5 Å². The molecule has 4 aromatic carbocycles. The third-order valence-corrected chi connectivity index (χ3v) is 7.21. The Kier molecular flexibility index (Phi) is 7.62. The average Bonchev–Trinajstić information content (AvgIpc) is 3.31. The Bertz CT molecular complexity index is 1720. The van der Waals surface area contributed by atoms with Crippen molar-refractivity contribution >= 4 is 22.9 Å². The highest BCUT2D eigenvalue weighted by molar-refractivity contribution is 6.03. The summed E-state index contributed by atoms with van der Waals surface area (Å²) in [5.74, 6) is -0.614. The summed E-state index contributed by atoms with van der Waals surface area (Å²) in [6.07, 6.45) is -0.650. The summed E-state index contributed by atoms with van der Waals surface area (Å²) in [5.41, 5.74) is 4.56. The molecule has 0 aliphatic rings. The van der Waals surface area contributed by atoms with E-state index in [1.165, 1.54) is 0 Å². The van der Waals surface area contributed by atoms with Gasteiger partial charge in [-0.3, -0.25) is 9.89 Å². The molecule has 7 nitrogen and oxygen atoms in total. The molecule has 0 saturated carbocycles. The van der Waals surface area contributed by atoms with Gasteiger partial charge in [-0.1, -0.05) is 106 Å². The van der Waals surface area contributed by atoms with Crippen LogP contribution in [0.5, 0.6) is 0 Å². The van der Waals surface area contributed by atoms with E-state index >= 15 is 0 Å². The van der Waals surface area contributed by atoms with Crippen LogP contribution in [0, 0.1) is 6.92 Å². The van der Waals surface area contributed by atoms with E-state index in [4.69, 9.17) is 4.74 Å². The zero-order chi connectivity index (χ0) is 29.1. The summed E-state index contributed by atoms with van der Waals surface area (Å²) in [7, 11) is 0. The number of aryl methyl sites for hydroxylation is 1. The van der Waals surface area contributed by atoms with Gasteiger partial charge in [-0.05, 0) is 52.3 Å². The number of benzene rings is 4. The topological polar surface area (TPSA) is 93.2 Å². The number of hydrogen-bond acceptors (Lipinski definition) is 4. The third kappa shape index (κ3) is 5.70. The number of hydrogen-bond donors (Lipinski definition) is 2. The average molecular weight is 548 g/mol. The van der Waals surface area contributed by atoms with E-state index in [9.17, 15) is 14.4 Å². The Balaban J connectivity index is 1.44. The number of esters is 1. The van der Waals surface area contributed by atoms with E-state index in [0.29, 0.717) is 0 Å². The second-order valence-electron chi connectivity index (χ2n) is 11.1. The largest absolute Gasteiger partial charge is 0.449 e. The zero-order valence-corrected chi connectivity index (χ0v) is 23.6. The molecule has 1 amide bonds. The molecule has 0 aliphatic heterocycles. The van der Waals surface area contributed by atoms with Crippen LogP contribution in [-0.4, -0.2) is 21.8 Å². The van der Waals surface area contributed by atoms with Crippen LogP contribution in [0.3, 0.4) is 0 Å².